The lowest BCUT2D eigenvalue weighted by Crippen LogP contribution is -2.20. The lowest BCUT2D eigenvalue weighted by molar-refractivity contribution is 0.0614. The van der Waals surface area contributed by atoms with Crippen molar-refractivity contribution in [1.29, 1.82) is 0 Å². The van der Waals surface area contributed by atoms with Crippen LogP contribution < -0.4 is 28.4 Å². The topological polar surface area (TPSA) is 75.6 Å². The highest BCUT2D eigenvalue weighted by Crippen LogP contribution is 2.50. The molecule has 1 aliphatic heterocycles. The van der Waals surface area contributed by atoms with Crippen molar-refractivity contribution in [2.24, 2.45) is 0 Å². The maximum Gasteiger partial charge on any atom is 0.203 e. The number of hydrogen-bond donors (Lipinski definition) is 1. The molecule has 0 aromatic heterocycles. The lowest BCUT2D eigenvalue weighted by Gasteiger charge is -2.32. The molecule has 0 bridgehead atoms. The summed E-state index contributed by atoms with van der Waals surface area (Å²) in [4.78, 5) is 0. The second-order valence-corrected chi connectivity index (χ2v) is 13.9. The van der Waals surface area contributed by atoms with Crippen molar-refractivity contribution in [2.45, 2.75) is 51.7 Å². The fraction of sp³-hybridized carbons (Fsp3) is 0.160. The molecule has 1 N–H and O–H groups in total. The Labute approximate surface area is 333 Å². The molecule has 0 spiro atoms. The molecule has 0 saturated carbocycles. The van der Waals surface area contributed by atoms with Crippen molar-refractivity contribution < 1.29 is 33.5 Å². The molecule has 0 amide bonds. The number of fused-ring (bicyclic) bond motifs is 1. The molecule has 1 heterocycles. The largest absolute Gasteiger partial charge is 0.489 e. The van der Waals surface area contributed by atoms with Gasteiger partial charge in [0.2, 0.25) is 5.75 Å². The van der Waals surface area contributed by atoms with E-state index in [1.165, 1.54) is 0 Å². The first kappa shape index (κ1) is 37.2. The van der Waals surface area contributed by atoms with Crippen molar-refractivity contribution >= 4 is 0 Å². The molecule has 7 nitrogen and oxygen atoms in total. The van der Waals surface area contributed by atoms with E-state index in [-0.39, 0.29) is 6.42 Å². The smallest absolute Gasteiger partial charge is 0.203 e. The summed E-state index contributed by atoms with van der Waals surface area (Å²) >= 11 is 0. The maximum atomic E-state index is 11.9. The van der Waals surface area contributed by atoms with Gasteiger partial charge in [0.1, 0.15) is 56.4 Å². The normalized spacial score (nSPS) is 14.5. The van der Waals surface area contributed by atoms with Crippen molar-refractivity contribution in [2.75, 3.05) is 0 Å². The number of ether oxygens (including phenoxy) is 6. The third-order valence-electron chi connectivity index (χ3n) is 9.72. The Balaban J connectivity index is 1.15. The fourth-order valence-corrected chi connectivity index (χ4v) is 6.75. The molecular weight excluding hydrogens is 713 g/mol. The van der Waals surface area contributed by atoms with Crippen LogP contribution in [0.5, 0.6) is 34.5 Å². The standard InChI is InChI=1S/C50H44O7/c51-43-30-44(57-46-29-42(52-31-36-16-6-1-7-17-36)28-45(49(43)46)53-32-37-18-8-2-9-19-37)41-26-47(54-33-38-20-10-3-11-21-38)50(56-35-40-24-14-5-15-25-40)48(27-41)55-34-39-22-12-4-13-23-39/h1-29,43-44,51H,30-35H2. The molecule has 0 saturated heterocycles. The van der Waals surface area contributed by atoms with Crippen LogP contribution in [0.1, 0.15) is 57.6 Å². The van der Waals surface area contributed by atoms with Crippen LogP contribution in [0.3, 0.4) is 0 Å². The van der Waals surface area contributed by atoms with E-state index in [0.29, 0.717) is 73.1 Å². The number of hydrogen-bond acceptors (Lipinski definition) is 7. The van der Waals surface area contributed by atoms with Gasteiger partial charge in [-0.05, 0) is 39.9 Å². The van der Waals surface area contributed by atoms with E-state index >= 15 is 0 Å². The molecule has 0 fully saturated rings. The Morgan fingerprint density at radius 2 is 0.825 bits per heavy atom. The first-order valence-corrected chi connectivity index (χ1v) is 19.2. The Morgan fingerprint density at radius 1 is 0.439 bits per heavy atom. The Morgan fingerprint density at radius 3 is 1.26 bits per heavy atom. The molecule has 8 rings (SSSR count). The second kappa shape index (κ2) is 18.3. The average molecular weight is 757 g/mol. The van der Waals surface area contributed by atoms with Gasteiger partial charge in [0.25, 0.3) is 0 Å². The van der Waals surface area contributed by atoms with E-state index in [9.17, 15) is 5.11 Å². The molecule has 0 aliphatic carbocycles. The zero-order chi connectivity index (χ0) is 38.7. The molecular formula is C50H44O7. The van der Waals surface area contributed by atoms with Gasteiger partial charge < -0.3 is 33.5 Å². The SMILES string of the molecule is OC1CC(c2cc(OCc3ccccc3)c(OCc3ccccc3)c(OCc3ccccc3)c2)Oc2cc(OCc3ccccc3)cc(OCc3ccccc3)c21. The summed E-state index contributed by atoms with van der Waals surface area (Å²) in [5, 5.41) is 11.9. The minimum atomic E-state index is -0.899. The summed E-state index contributed by atoms with van der Waals surface area (Å²) in [7, 11) is 0. The molecule has 286 valence electrons. The fourth-order valence-electron chi connectivity index (χ4n) is 6.75. The van der Waals surface area contributed by atoms with Gasteiger partial charge in [-0.15, -0.1) is 0 Å². The average Bonchev–Trinajstić information content (AvgIpc) is 3.27. The molecule has 7 heteroatoms. The summed E-state index contributed by atoms with van der Waals surface area (Å²) in [6, 6.07) is 57.4. The van der Waals surface area contributed by atoms with Gasteiger partial charge in [-0.1, -0.05) is 152 Å². The van der Waals surface area contributed by atoms with E-state index in [1.807, 2.05) is 176 Å². The third-order valence-corrected chi connectivity index (χ3v) is 9.72. The minimum absolute atomic E-state index is 0.263. The summed E-state index contributed by atoms with van der Waals surface area (Å²) in [5.74, 6) is 3.05. The quantitative estimate of drug-likeness (QED) is 0.105. The van der Waals surface area contributed by atoms with Crippen molar-refractivity contribution in [1.82, 2.24) is 0 Å². The van der Waals surface area contributed by atoms with Gasteiger partial charge >= 0.3 is 0 Å². The first-order valence-electron chi connectivity index (χ1n) is 19.2. The first-order chi connectivity index (χ1) is 28.1. The van der Waals surface area contributed by atoms with Crippen LogP contribution in [0.2, 0.25) is 0 Å². The Bertz CT molecular complexity index is 2250. The molecule has 7 aromatic rings. The van der Waals surface area contributed by atoms with Gasteiger partial charge in [-0.3, -0.25) is 0 Å². The minimum Gasteiger partial charge on any atom is -0.489 e. The number of rotatable bonds is 16. The number of benzene rings is 7. The number of aliphatic hydroxyl groups excluding tert-OH is 1. The Hall–Kier alpha value is -6.70. The third kappa shape index (κ3) is 9.76. The van der Waals surface area contributed by atoms with Crippen molar-refractivity contribution in [3.63, 3.8) is 0 Å². The van der Waals surface area contributed by atoms with Crippen molar-refractivity contribution in [3.05, 3.63) is 215 Å². The summed E-state index contributed by atoms with van der Waals surface area (Å²) in [6.45, 7) is 1.61. The van der Waals surface area contributed by atoms with Crippen LogP contribution in [0.4, 0.5) is 0 Å². The summed E-state index contributed by atoms with van der Waals surface area (Å²) < 4.78 is 39.1. The van der Waals surface area contributed by atoms with Gasteiger partial charge in [0.05, 0.1) is 11.7 Å². The molecule has 2 unspecified atom stereocenters. The van der Waals surface area contributed by atoms with Crippen LogP contribution in [-0.2, 0) is 33.0 Å². The monoisotopic (exact) mass is 756 g/mol. The van der Waals surface area contributed by atoms with Crippen LogP contribution in [-0.4, -0.2) is 5.11 Å². The van der Waals surface area contributed by atoms with Gasteiger partial charge in [-0.2, -0.15) is 0 Å². The predicted molar refractivity (Wildman–Crippen MR) is 220 cm³/mol. The van der Waals surface area contributed by atoms with Gasteiger partial charge in [0, 0.05) is 24.1 Å². The predicted octanol–water partition coefficient (Wildman–Crippen LogP) is 11.1. The van der Waals surface area contributed by atoms with E-state index < -0.39 is 12.2 Å². The Kier molecular flexibility index (Phi) is 11.9. The van der Waals surface area contributed by atoms with Crippen LogP contribution in [0, 0.1) is 0 Å². The molecule has 57 heavy (non-hydrogen) atoms. The van der Waals surface area contributed by atoms with Crippen LogP contribution in [0.15, 0.2) is 176 Å². The second-order valence-electron chi connectivity index (χ2n) is 13.9. The zero-order valence-corrected chi connectivity index (χ0v) is 31.5. The van der Waals surface area contributed by atoms with E-state index in [4.69, 9.17) is 28.4 Å². The summed E-state index contributed by atoms with van der Waals surface area (Å²) in [5.41, 5.74) is 6.41. The lowest BCUT2D eigenvalue weighted by atomic mass is 9.93. The zero-order valence-electron chi connectivity index (χ0n) is 31.5. The van der Waals surface area contributed by atoms with E-state index in [0.717, 1.165) is 33.4 Å². The molecule has 0 radical (unpaired) electrons. The van der Waals surface area contributed by atoms with Crippen LogP contribution >= 0.6 is 0 Å². The molecule has 7 aromatic carbocycles. The number of aliphatic hydroxyl groups is 1. The highest BCUT2D eigenvalue weighted by Gasteiger charge is 2.33. The van der Waals surface area contributed by atoms with E-state index in [2.05, 4.69) is 0 Å². The molecule has 1 aliphatic rings. The molecule has 2 atom stereocenters. The highest BCUT2D eigenvalue weighted by atomic mass is 16.5. The van der Waals surface area contributed by atoms with E-state index in [1.54, 1.807) is 0 Å². The highest BCUT2D eigenvalue weighted by molar-refractivity contribution is 5.57. The summed E-state index contributed by atoms with van der Waals surface area (Å²) in [6.07, 6.45) is -1.21. The maximum absolute atomic E-state index is 11.9. The van der Waals surface area contributed by atoms with Gasteiger partial charge in [0.15, 0.2) is 11.5 Å². The van der Waals surface area contributed by atoms with Crippen LogP contribution in [0.25, 0.3) is 0 Å². The van der Waals surface area contributed by atoms with Crippen molar-refractivity contribution in [3.8, 4) is 34.5 Å². The van der Waals surface area contributed by atoms with Gasteiger partial charge in [-0.25, -0.2) is 0 Å².